The summed E-state index contributed by atoms with van der Waals surface area (Å²) in [4.78, 5) is 12.2. The maximum Gasteiger partial charge on any atom is 0.251 e. The Bertz CT molecular complexity index is 684. The van der Waals surface area contributed by atoms with E-state index < -0.39 is 0 Å². The zero-order valence-electron chi connectivity index (χ0n) is 12.3. The molecule has 1 aliphatic rings. The molecule has 22 heavy (non-hydrogen) atoms. The monoisotopic (exact) mass is 299 g/mol. The average molecular weight is 299 g/mol. The molecule has 0 aliphatic carbocycles. The molecule has 0 aromatic heterocycles. The molecular weight excluding hydrogens is 282 g/mol. The minimum absolute atomic E-state index is 0.153. The van der Waals surface area contributed by atoms with Gasteiger partial charge in [0.1, 0.15) is 5.75 Å². The zero-order chi connectivity index (χ0) is 15.4. The van der Waals surface area contributed by atoms with Crippen molar-refractivity contribution >= 4 is 5.91 Å². The lowest BCUT2D eigenvalue weighted by atomic mass is 10.1. The number of rotatable bonds is 5. The van der Waals surface area contributed by atoms with Gasteiger partial charge in [-0.25, -0.2) is 0 Å². The van der Waals surface area contributed by atoms with Gasteiger partial charge in [-0.2, -0.15) is 0 Å². The number of carbonyl (C=O) groups excluding carboxylic acids is 1. The van der Waals surface area contributed by atoms with Gasteiger partial charge in [0.15, 0.2) is 11.5 Å². The van der Waals surface area contributed by atoms with Gasteiger partial charge in [0.2, 0.25) is 6.79 Å². The summed E-state index contributed by atoms with van der Waals surface area (Å²) in [5, 5.41) is 2.88. The fraction of sp³-hybridized carbons (Fsp3) is 0.235. The Labute approximate surface area is 128 Å². The lowest BCUT2D eigenvalue weighted by molar-refractivity contribution is 0.0950. The van der Waals surface area contributed by atoms with Gasteiger partial charge in [0.05, 0.1) is 6.61 Å². The molecule has 1 heterocycles. The second-order valence-corrected chi connectivity index (χ2v) is 4.83. The summed E-state index contributed by atoms with van der Waals surface area (Å²) >= 11 is 0. The Balaban J connectivity index is 1.63. The fourth-order valence-electron chi connectivity index (χ4n) is 2.23. The number of amides is 1. The number of ether oxygens (including phenoxy) is 3. The summed E-state index contributed by atoms with van der Waals surface area (Å²) in [7, 11) is 0. The van der Waals surface area contributed by atoms with Crippen LogP contribution in [0.1, 0.15) is 22.8 Å². The predicted octanol–water partition coefficient (Wildman–Crippen LogP) is 2.74. The summed E-state index contributed by atoms with van der Waals surface area (Å²) in [6.45, 7) is 3.19. The zero-order valence-corrected chi connectivity index (χ0v) is 12.3. The van der Waals surface area contributed by atoms with Gasteiger partial charge >= 0.3 is 0 Å². The second kappa shape index (κ2) is 6.39. The highest BCUT2D eigenvalue weighted by molar-refractivity contribution is 5.94. The molecule has 0 spiro atoms. The number of benzene rings is 2. The van der Waals surface area contributed by atoms with Crippen LogP contribution in [0, 0.1) is 0 Å². The topological polar surface area (TPSA) is 56.8 Å². The first-order valence-electron chi connectivity index (χ1n) is 7.16. The molecule has 0 fully saturated rings. The lowest BCUT2D eigenvalue weighted by Gasteiger charge is -2.08. The number of hydrogen-bond acceptors (Lipinski definition) is 4. The largest absolute Gasteiger partial charge is 0.494 e. The predicted molar refractivity (Wildman–Crippen MR) is 81.3 cm³/mol. The first kappa shape index (κ1) is 14.3. The van der Waals surface area contributed by atoms with Crippen LogP contribution in [0.25, 0.3) is 0 Å². The molecule has 2 aromatic carbocycles. The van der Waals surface area contributed by atoms with E-state index in [-0.39, 0.29) is 12.7 Å². The van der Waals surface area contributed by atoms with Crippen molar-refractivity contribution in [3.63, 3.8) is 0 Å². The van der Waals surface area contributed by atoms with Crippen molar-refractivity contribution in [1.29, 1.82) is 0 Å². The number of fused-ring (bicyclic) bond motifs is 1. The Hall–Kier alpha value is -2.69. The molecule has 0 saturated carbocycles. The van der Waals surface area contributed by atoms with E-state index in [0.717, 1.165) is 11.3 Å². The van der Waals surface area contributed by atoms with Crippen LogP contribution in [-0.2, 0) is 6.54 Å². The smallest absolute Gasteiger partial charge is 0.251 e. The summed E-state index contributed by atoms with van der Waals surface area (Å²) in [5.41, 5.74) is 1.53. The van der Waals surface area contributed by atoms with E-state index in [1.165, 1.54) is 0 Å². The molecule has 0 atom stereocenters. The van der Waals surface area contributed by atoms with E-state index in [0.29, 0.717) is 30.2 Å². The van der Waals surface area contributed by atoms with Crippen LogP contribution in [0.2, 0.25) is 0 Å². The van der Waals surface area contributed by atoms with Crippen molar-refractivity contribution in [3.8, 4) is 17.2 Å². The first-order valence-corrected chi connectivity index (χ1v) is 7.16. The number of carbonyl (C=O) groups is 1. The molecule has 0 radical (unpaired) electrons. The van der Waals surface area contributed by atoms with Crippen LogP contribution in [0.15, 0.2) is 42.5 Å². The molecule has 5 nitrogen and oxygen atoms in total. The number of nitrogens with one attached hydrogen (secondary N) is 1. The van der Waals surface area contributed by atoms with Crippen molar-refractivity contribution < 1.29 is 19.0 Å². The molecule has 2 aromatic rings. The average Bonchev–Trinajstić information content (AvgIpc) is 3.01. The van der Waals surface area contributed by atoms with E-state index in [1.54, 1.807) is 18.2 Å². The minimum Gasteiger partial charge on any atom is -0.494 e. The standard InChI is InChI=1S/C17H17NO4/c1-2-20-14-5-3-4-12(8-14)10-18-17(19)13-6-7-15-16(9-13)22-11-21-15/h3-9H,2,10-11H2,1H3,(H,18,19). The van der Waals surface area contributed by atoms with Gasteiger partial charge in [0.25, 0.3) is 5.91 Å². The van der Waals surface area contributed by atoms with Gasteiger partial charge in [-0.3, -0.25) is 4.79 Å². The van der Waals surface area contributed by atoms with E-state index in [4.69, 9.17) is 14.2 Å². The van der Waals surface area contributed by atoms with Gasteiger partial charge < -0.3 is 19.5 Å². The molecule has 5 heteroatoms. The maximum atomic E-state index is 12.2. The summed E-state index contributed by atoms with van der Waals surface area (Å²) in [5.74, 6) is 1.92. The maximum absolute atomic E-state index is 12.2. The van der Waals surface area contributed by atoms with Gasteiger partial charge in [-0.05, 0) is 42.8 Å². The summed E-state index contributed by atoms with van der Waals surface area (Å²) in [6, 6.07) is 12.8. The Morgan fingerprint density at radius 1 is 1.18 bits per heavy atom. The molecule has 1 aliphatic heterocycles. The molecule has 3 rings (SSSR count). The third-order valence-corrected chi connectivity index (χ3v) is 3.30. The van der Waals surface area contributed by atoms with Crippen LogP contribution in [0.3, 0.4) is 0 Å². The van der Waals surface area contributed by atoms with Crippen molar-refractivity contribution in [2.75, 3.05) is 13.4 Å². The number of hydrogen-bond donors (Lipinski definition) is 1. The van der Waals surface area contributed by atoms with Crippen molar-refractivity contribution in [2.24, 2.45) is 0 Å². The lowest BCUT2D eigenvalue weighted by Crippen LogP contribution is -2.22. The highest BCUT2D eigenvalue weighted by Gasteiger charge is 2.16. The minimum atomic E-state index is -0.153. The molecule has 0 saturated heterocycles. The Kier molecular flexibility index (Phi) is 4.14. The quantitative estimate of drug-likeness (QED) is 0.922. The van der Waals surface area contributed by atoms with Gasteiger partial charge in [0, 0.05) is 12.1 Å². The molecule has 114 valence electrons. The van der Waals surface area contributed by atoms with E-state index >= 15 is 0 Å². The molecule has 0 bridgehead atoms. The first-order chi connectivity index (χ1) is 10.8. The summed E-state index contributed by atoms with van der Waals surface area (Å²) < 4.78 is 16.0. The summed E-state index contributed by atoms with van der Waals surface area (Å²) in [6.07, 6.45) is 0. The van der Waals surface area contributed by atoms with Crippen LogP contribution in [0.5, 0.6) is 17.2 Å². The van der Waals surface area contributed by atoms with E-state index in [9.17, 15) is 4.79 Å². The SMILES string of the molecule is CCOc1cccc(CNC(=O)c2ccc3c(c2)OCO3)c1. The molecular formula is C17H17NO4. The van der Waals surface area contributed by atoms with Crippen molar-refractivity contribution in [1.82, 2.24) is 5.32 Å². The fourth-order valence-corrected chi connectivity index (χ4v) is 2.23. The van der Waals surface area contributed by atoms with Crippen LogP contribution >= 0.6 is 0 Å². The normalized spacial score (nSPS) is 12.0. The Morgan fingerprint density at radius 3 is 2.91 bits per heavy atom. The highest BCUT2D eigenvalue weighted by atomic mass is 16.7. The Morgan fingerprint density at radius 2 is 2.05 bits per heavy atom. The third kappa shape index (κ3) is 3.14. The molecule has 0 unspecified atom stereocenters. The van der Waals surface area contributed by atoms with Gasteiger partial charge in [-0.1, -0.05) is 12.1 Å². The second-order valence-electron chi connectivity index (χ2n) is 4.83. The molecule has 1 amide bonds. The third-order valence-electron chi connectivity index (χ3n) is 3.30. The van der Waals surface area contributed by atoms with E-state index in [1.807, 2.05) is 31.2 Å². The highest BCUT2D eigenvalue weighted by Crippen LogP contribution is 2.32. The van der Waals surface area contributed by atoms with E-state index in [2.05, 4.69) is 5.32 Å². The molecule has 1 N–H and O–H groups in total. The van der Waals surface area contributed by atoms with Crippen LogP contribution in [-0.4, -0.2) is 19.3 Å². The van der Waals surface area contributed by atoms with Gasteiger partial charge in [-0.15, -0.1) is 0 Å². The van der Waals surface area contributed by atoms with Crippen molar-refractivity contribution in [3.05, 3.63) is 53.6 Å². The van der Waals surface area contributed by atoms with Crippen LogP contribution < -0.4 is 19.5 Å². The van der Waals surface area contributed by atoms with Crippen molar-refractivity contribution in [2.45, 2.75) is 13.5 Å². The van der Waals surface area contributed by atoms with Crippen LogP contribution in [0.4, 0.5) is 0 Å².